The van der Waals surface area contributed by atoms with Crippen LogP contribution in [-0.4, -0.2) is 0 Å². The minimum absolute atomic E-state index is 0.232. The summed E-state index contributed by atoms with van der Waals surface area (Å²) in [5.41, 5.74) is 3.16. The standard InChI is InChI=1S/C24H20FNO/c25-21-11-13-22(14-12-21)26-16-18-5-3-9-23(15-18)27-17-20-8-4-7-19-6-1-2-10-24(19)20/h1-15,26H,16-17H2. The molecule has 4 rings (SSSR count). The molecule has 134 valence electrons. The number of rotatable bonds is 6. The van der Waals surface area contributed by atoms with E-state index in [1.807, 2.05) is 36.4 Å². The molecule has 4 aromatic carbocycles. The van der Waals surface area contributed by atoms with Crippen molar-refractivity contribution in [1.29, 1.82) is 0 Å². The number of hydrogen-bond donors (Lipinski definition) is 1. The first-order valence-corrected chi connectivity index (χ1v) is 8.96. The molecule has 0 fully saturated rings. The van der Waals surface area contributed by atoms with E-state index in [0.29, 0.717) is 13.2 Å². The van der Waals surface area contributed by atoms with Gasteiger partial charge in [0.25, 0.3) is 0 Å². The van der Waals surface area contributed by atoms with Crippen LogP contribution in [0.1, 0.15) is 11.1 Å². The summed E-state index contributed by atoms with van der Waals surface area (Å²) in [6, 6.07) is 29.0. The smallest absolute Gasteiger partial charge is 0.123 e. The summed E-state index contributed by atoms with van der Waals surface area (Å²) in [7, 11) is 0. The van der Waals surface area contributed by atoms with Crippen LogP contribution in [0, 0.1) is 5.82 Å². The molecule has 3 heteroatoms. The highest BCUT2D eigenvalue weighted by Crippen LogP contribution is 2.21. The van der Waals surface area contributed by atoms with Gasteiger partial charge in [0, 0.05) is 12.2 Å². The monoisotopic (exact) mass is 357 g/mol. The van der Waals surface area contributed by atoms with Crippen LogP contribution in [0.5, 0.6) is 5.75 Å². The van der Waals surface area contributed by atoms with E-state index < -0.39 is 0 Å². The summed E-state index contributed by atoms with van der Waals surface area (Å²) >= 11 is 0. The van der Waals surface area contributed by atoms with Gasteiger partial charge in [0.05, 0.1) is 0 Å². The molecule has 0 amide bonds. The van der Waals surface area contributed by atoms with E-state index in [1.54, 1.807) is 12.1 Å². The Morgan fingerprint density at radius 3 is 2.44 bits per heavy atom. The SMILES string of the molecule is Fc1ccc(NCc2cccc(OCc3cccc4ccccc34)c2)cc1. The Balaban J connectivity index is 1.42. The van der Waals surface area contributed by atoms with Crippen LogP contribution in [0.2, 0.25) is 0 Å². The molecular weight excluding hydrogens is 337 g/mol. The van der Waals surface area contributed by atoms with Gasteiger partial charge in [-0.3, -0.25) is 0 Å². The third-order valence-electron chi connectivity index (χ3n) is 4.51. The topological polar surface area (TPSA) is 21.3 Å². The molecule has 0 atom stereocenters. The largest absolute Gasteiger partial charge is 0.489 e. The highest BCUT2D eigenvalue weighted by Gasteiger charge is 2.03. The molecule has 0 unspecified atom stereocenters. The lowest BCUT2D eigenvalue weighted by Gasteiger charge is -2.11. The van der Waals surface area contributed by atoms with E-state index in [-0.39, 0.29) is 5.82 Å². The molecule has 4 aromatic rings. The van der Waals surface area contributed by atoms with Crippen molar-refractivity contribution in [2.45, 2.75) is 13.2 Å². The number of anilines is 1. The molecule has 0 aliphatic carbocycles. The average molecular weight is 357 g/mol. The van der Waals surface area contributed by atoms with Crippen LogP contribution >= 0.6 is 0 Å². The van der Waals surface area contributed by atoms with Crippen LogP contribution in [0.4, 0.5) is 10.1 Å². The molecule has 0 spiro atoms. The highest BCUT2D eigenvalue weighted by atomic mass is 19.1. The first-order chi connectivity index (χ1) is 13.3. The number of benzene rings is 4. The predicted molar refractivity (Wildman–Crippen MR) is 108 cm³/mol. The van der Waals surface area contributed by atoms with Crippen LogP contribution < -0.4 is 10.1 Å². The van der Waals surface area contributed by atoms with Gasteiger partial charge in [-0.05, 0) is 58.3 Å². The van der Waals surface area contributed by atoms with Crippen LogP contribution in [0.25, 0.3) is 10.8 Å². The third kappa shape index (κ3) is 4.26. The number of ether oxygens (including phenoxy) is 1. The number of hydrogen-bond acceptors (Lipinski definition) is 2. The molecule has 2 nitrogen and oxygen atoms in total. The number of halogens is 1. The summed E-state index contributed by atoms with van der Waals surface area (Å²) in [5, 5.41) is 5.73. The summed E-state index contributed by atoms with van der Waals surface area (Å²) in [5.74, 6) is 0.603. The molecule has 0 bridgehead atoms. The van der Waals surface area contributed by atoms with Gasteiger partial charge in [-0.2, -0.15) is 0 Å². The fraction of sp³-hybridized carbons (Fsp3) is 0.0833. The van der Waals surface area contributed by atoms with Crippen molar-refractivity contribution in [3.8, 4) is 5.75 Å². The lowest BCUT2D eigenvalue weighted by atomic mass is 10.1. The molecule has 0 aliphatic rings. The second kappa shape index (κ2) is 7.92. The van der Waals surface area contributed by atoms with Gasteiger partial charge in [0.1, 0.15) is 18.2 Å². The first-order valence-electron chi connectivity index (χ1n) is 8.96. The van der Waals surface area contributed by atoms with Gasteiger partial charge in [-0.15, -0.1) is 0 Å². The fourth-order valence-corrected chi connectivity index (χ4v) is 3.10. The number of nitrogens with one attached hydrogen (secondary N) is 1. The van der Waals surface area contributed by atoms with Crippen molar-refractivity contribution in [2.24, 2.45) is 0 Å². The summed E-state index contributed by atoms with van der Waals surface area (Å²) in [4.78, 5) is 0. The van der Waals surface area contributed by atoms with Crippen molar-refractivity contribution in [2.75, 3.05) is 5.32 Å². The Hall–Kier alpha value is -3.33. The second-order valence-corrected chi connectivity index (χ2v) is 6.43. The van der Waals surface area contributed by atoms with E-state index in [1.165, 1.54) is 28.5 Å². The quantitative estimate of drug-likeness (QED) is 0.445. The molecule has 0 saturated carbocycles. The van der Waals surface area contributed by atoms with Gasteiger partial charge in [0.15, 0.2) is 0 Å². The minimum atomic E-state index is -0.232. The van der Waals surface area contributed by atoms with Crippen molar-refractivity contribution in [3.63, 3.8) is 0 Å². The fourth-order valence-electron chi connectivity index (χ4n) is 3.10. The molecule has 0 aromatic heterocycles. The average Bonchev–Trinajstić information content (AvgIpc) is 2.72. The lowest BCUT2D eigenvalue weighted by molar-refractivity contribution is 0.307. The van der Waals surface area contributed by atoms with Gasteiger partial charge < -0.3 is 10.1 Å². The van der Waals surface area contributed by atoms with Gasteiger partial charge in [-0.1, -0.05) is 54.6 Å². The Labute approximate surface area is 158 Å². The van der Waals surface area contributed by atoms with Gasteiger partial charge in [-0.25, -0.2) is 4.39 Å². The predicted octanol–water partition coefficient (Wildman–Crippen LogP) is 6.17. The van der Waals surface area contributed by atoms with E-state index >= 15 is 0 Å². The summed E-state index contributed by atoms with van der Waals surface area (Å²) in [6.45, 7) is 1.17. The zero-order valence-electron chi connectivity index (χ0n) is 14.9. The Morgan fingerprint density at radius 1 is 0.778 bits per heavy atom. The van der Waals surface area contributed by atoms with E-state index in [9.17, 15) is 4.39 Å². The normalized spacial score (nSPS) is 10.7. The molecule has 0 aliphatic heterocycles. The minimum Gasteiger partial charge on any atom is -0.489 e. The maximum absolute atomic E-state index is 13.0. The second-order valence-electron chi connectivity index (χ2n) is 6.43. The molecule has 1 N–H and O–H groups in total. The molecule has 27 heavy (non-hydrogen) atoms. The van der Waals surface area contributed by atoms with Crippen LogP contribution in [0.15, 0.2) is 91.0 Å². The van der Waals surface area contributed by atoms with Gasteiger partial charge >= 0.3 is 0 Å². The van der Waals surface area contributed by atoms with E-state index in [0.717, 1.165) is 17.0 Å². The Kier molecular flexibility index (Phi) is 5.01. The molecule has 0 heterocycles. The van der Waals surface area contributed by atoms with Crippen molar-refractivity contribution in [1.82, 2.24) is 0 Å². The molecule has 0 saturated heterocycles. The van der Waals surface area contributed by atoms with E-state index in [2.05, 4.69) is 35.6 Å². The zero-order chi connectivity index (χ0) is 18.5. The third-order valence-corrected chi connectivity index (χ3v) is 4.51. The first kappa shape index (κ1) is 17.1. The van der Waals surface area contributed by atoms with Gasteiger partial charge in [0.2, 0.25) is 0 Å². The van der Waals surface area contributed by atoms with Crippen molar-refractivity contribution >= 4 is 16.5 Å². The molecular formula is C24H20FNO. The lowest BCUT2D eigenvalue weighted by Crippen LogP contribution is -2.01. The highest BCUT2D eigenvalue weighted by molar-refractivity contribution is 5.85. The van der Waals surface area contributed by atoms with Crippen LogP contribution in [0.3, 0.4) is 0 Å². The maximum Gasteiger partial charge on any atom is 0.123 e. The van der Waals surface area contributed by atoms with Crippen LogP contribution in [-0.2, 0) is 13.2 Å². The van der Waals surface area contributed by atoms with E-state index in [4.69, 9.17) is 4.74 Å². The Bertz CT molecular complexity index is 1040. The zero-order valence-corrected chi connectivity index (χ0v) is 14.9. The maximum atomic E-state index is 13.0. The number of fused-ring (bicyclic) bond motifs is 1. The summed E-state index contributed by atoms with van der Waals surface area (Å²) in [6.07, 6.45) is 0. The van der Waals surface area contributed by atoms with Crippen molar-refractivity contribution < 1.29 is 9.13 Å². The summed E-state index contributed by atoms with van der Waals surface area (Å²) < 4.78 is 19.0. The molecule has 0 radical (unpaired) electrons. The Morgan fingerprint density at radius 2 is 1.56 bits per heavy atom. The van der Waals surface area contributed by atoms with Crippen molar-refractivity contribution in [3.05, 3.63) is 108 Å².